The van der Waals surface area contributed by atoms with E-state index < -0.39 is 6.10 Å². The van der Waals surface area contributed by atoms with Crippen LogP contribution < -0.4 is 0 Å². The summed E-state index contributed by atoms with van der Waals surface area (Å²) in [6.45, 7) is 6.45. The molecule has 0 bridgehead atoms. The quantitative estimate of drug-likeness (QED) is 0.0261. The van der Waals surface area contributed by atoms with Crippen LogP contribution in [0.4, 0.5) is 0 Å². The van der Waals surface area contributed by atoms with E-state index in [-0.39, 0.29) is 31.1 Å². The molecule has 0 aromatic rings. The molecule has 0 fully saturated rings. The lowest BCUT2D eigenvalue weighted by molar-refractivity contribution is -0.167. The van der Waals surface area contributed by atoms with Gasteiger partial charge in [-0.3, -0.25) is 14.4 Å². The van der Waals surface area contributed by atoms with Crippen molar-refractivity contribution < 1.29 is 28.6 Å². The van der Waals surface area contributed by atoms with Crippen LogP contribution >= 0.6 is 0 Å². The molecule has 0 aromatic heterocycles. The number of allylic oxidation sites excluding steroid dienone is 18. The average Bonchev–Trinajstić information content (AvgIpc) is 3.39. The first-order valence-electron chi connectivity index (χ1n) is 30.4. The Balaban J connectivity index is 4.32. The monoisotopic (exact) mass is 1010 g/mol. The lowest BCUT2D eigenvalue weighted by atomic mass is 10.1. The molecule has 0 saturated heterocycles. The first-order chi connectivity index (χ1) is 36.0. The van der Waals surface area contributed by atoms with Crippen molar-refractivity contribution in [3.63, 3.8) is 0 Å². The van der Waals surface area contributed by atoms with Gasteiger partial charge in [-0.1, -0.05) is 246 Å². The SMILES string of the molecule is CC/C=C\C/C=C\C/C=C\C/C=C\C/C=C\C/C=C\CCCCCCCCCCC(=O)OCC(COC(=O)CCCCCCC/C=C\CCCC)OC(=O)CCCCCCCCC/C=C\C/C=C\CCCCC. The summed E-state index contributed by atoms with van der Waals surface area (Å²) in [5, 5.41) is 0. The van der Waals surface area contributed by atoms with E-state index in [0.717, 1.165) is 122 Å². The first kappa shape index (κ1) is 69.1. The van der Waals surface area contributed by atoms with Crippen molar-refractivity contribution in [1.82, 2.24) is 0 Å². The molecule has 0 rings (SSSR count). The molecule has 0 saturated carbocycles. The van der Waals surface area contributed by atoms with Gasteiger partial charge in [-0.15, -0.1) is 0 Å². The Bertz CT molecular complexity index is 1490. The van der Waals surface area contributed by atoms with Gasteiger partial charge in [-0.05, 0) is 122 Å². The summed E-state index contributed by atoms with van der Waals surface area (Å²) in [7, 11) is 0. The maximum atomic E-state index is 12.9. The van der Waals surface area contributed by atoms with Crippen LogP contribution in [-0.4, -0.2) is 37.2 Å². The molecule has 0 radical (unpaired) electrons. The van der Waals surface area contributed by atoms with Crippen LogP contribution in [0.1, 0.15) is 278 Å². The standard InChI is InChI=1S/C67H112O6/c1-4-7-10-13-16-19-22-24-26-28-29-30-31-32-33-34-35-36-37-39-40-42-45-48-51-54-57-60-66(69)72-63-64(62-71-65(68)59-56-53-50-47-44-21-18-15-12-9-6-3)73-67(70)61-58-55-52-49-46-43-41-38-27-25-23-20-17-14-11-8-5-2/h7,10,15-20,24-27,29-30,32-33,35-36,64H,4-6,8-9,11-14,21-23,28,31,34,37-63H2,1-3H3/b10-7-,18-15-,19-16-,20-17-,26-24-,27-25-,30-29-,33-32-,36-35-. The summed E-state index contributed by atoms with van der Waals surface area (Å²) in [5.74, 6) is -0.911. The Kier molecular flexibility index (Phi) is 57.4. The van der Waals surface area contributed by atoms with E-state index in [9.17, 15) is 14.4 Å². The summed E-state index contributed by atoms with van der Waals surface area (Å²) in [6, 6.07) is 0. The minimum absolute atomic E-state index is 0.0887. The third kappa shape index (κ3) is 58.8. The minimum Gasteiger partial charge on any atom is -0.462 e. The smallest absolute Gasteiger partial charge is 0.306 e. The first-order valence-corrected chi connectivity index (χ1v) is 30.4. The lowest BCUT2D eigenvalue weighted by Gasteiger charge is -2.18. The van der Waals surface area contributed by atoms with Gasteiger partial charge >= 0.3 is 17.9 Å². The van der Waals surface area contributed by atoms with E-state index in [2.05, 4.69) is 130 Å². The average molecular weight is 1010 g/mol. The summed E-state index contributed by atoms with van der Waals surface area (Å²) in [5.41, 5.74) is 0. The van der Waals surface area contributed by atoms with E-state index in [0.29, 0.717) is 19.3 Å². The third-order valence-electron chi connectivity index (χ3n) is 12.7. The van der Waals surface area contributed by atoms with E-state index in [1.54, 1.807) is 0 Å². The van der Waals surface area contributed by atoms with E-state index in [1.807, 2.05) is 0 Å². The molecule has 0 aliphatic heterocycles. The molecule has 0 aliphatic carbocycles. The van der Waals surface area contributed by atoms with Crippen molar-refractivity contribution in [2.45, 2.75) is 284 Å². The zero-order valence-corrected chi connectivity index (χ0v) is 47.6. The topological polar surface area (TPSA) is 78.9 Å². The Morgan fingerprint density at radius 2 is 0.548 bits per heavy atom. The summed E-state index contributed by atoms with van der Waals surface area (Å²) in [4.78, 5) is 38.2. The normalized spacial score (nSPS) is 12.9. The largest absolute Gasteiger partial charge is 0.462 e. The lowest BCUT2D eigenvalue weighted by Crippen LogP contribution is -2.30. The molecule has 6 nitrogen and oxygen atoms in total. The second-order valence-electron chi connectivity index (χ2n) is 19.9. The summed E-state index contributed by atoms with van der Waals surface area (Å²) in [6.07, 6.45) is 82.3. The van der Waals surface area contributed by atoms with Crippen LogP contribution in [0.5, 0.6) is 0 Å². The number of rotatable bonds is 54. The number of hydrogen-bond donors (Lipinski definition) is 0. The van der Waals surface area contributed by atoms with Crippen LogP contribution in [0.2, 0.25) is 0 Å². The fraction of sp³-hybridized carbons (Fsp3) is 0.687. The molecular weight excluding hydrogens is 901 g/mol. The predicted molar refractivity (Wildman–Crippen MR) is 316 cm³/mol. The molecule has 416 valence electrons. The van der Waals surface area contributed by atoms with Crippen LogP contribution in [0, 0.1) is 0 Å². The number of carbonyl (C=O) groups is 3. The van der Waals surface area contributed by atoms with Gasteiger partial charge < -0.3 is 14.2 Å². The van der Waals surface area contributed by atoms with E-state index >= 15 is 0 Å². The number of ether oxygens (including phenoxy) is 3. The molecule has 1 atom stereocenters. The minimum atomic E-state index is -0.791. The maximum absolute atomic E-state index is 12.9. The third-order valence-corrected chi connectivity index (χ3v) is 12.7. The number of esters is 3. The van der Waals surface area contributed by atoms with Crippen LogP contribution in [0.3, 0.4) is 0 Å². The van der Waals surface area contributed by atoms with E-state index in [1.165, 1.54) is 116 Å². The van der Waals surface area contributed by atoms with Gasteiger partial charge in [-0.25, -0.2) is 0 Å². The van der Waals surface area contributed by atoms with Gasteiger partial charge in [0.15, 0.2) is 6.10 Å². The highest BCUT2D eigenvalue weighted by atomic mass is 16.6. The molecule has 1 unspecified atom stereocenters. The predicted octanol–water partition coefficient (Wildman–Crippen LogP) is 20.7. The van der Waals surface area contributed by atoms with Crippen molar-refractivity contribution in [2.24, 2.45) is 0 Å². The van der Waals surface area contributed by atoms with Crippen molar-refractivity contribution in [1.29, 1.82) is 0 Å². The molecule has 0 amide bonds. The fourth-order valence-corrected chi connectivity index (χ4v) is 8.16. The molecule has 6 heteroatoms. The van der Waals surface area contributed by atoms with Crippen molar-refractivity contribution >= 4 is 17.9 Å². The molecule has 73 heavy (non-hydrogen) atoms. The van der Waals surface area contributed by atoms with E-state index in [4.69, 9.17) is 14.2 Å². The molecule has 0 N–H and O–H groups in total. The van der Waals surface area contributed by atoms with Gasteiger partial charge in [0, 0.05) is 19.3 Å². The van der Waals surface area contributed by atoms with Crippen molar-refractivity contribution in [3.8, 4) is 0 Å². The van der Waals surface area contributed by atoms with Crippen molar-refractivity contribution in [2.75, 3.05) is 13.2 Å². The highest BCUT2D eigenvalue weighted by molar-refractivity contribution is 5.71. The maximum Gasteiger partial charge on any atom is 0.306 e. The fourth-order valence-electron chi connectivity index (χ4n) is 8.16. The second-order valence-corrected chi connectivity index (χ2v) is 19.9. The highest BCUT2D eigenvalue weighted by Crippen LogP contribution is 2.15. The Hall–Kier alpha value is -3.93. The van der Waals surface area contributed by atoms with Gasteiger partial charge in [-0.2, -0.15) is 0 Å². The molecule has 0 aliphatic rings. The Morgan fingerprint density at radius 3 is 0.890 bits per heavy atom. The van der Waals surface area contributed by atoms with Crippen LogP contribution in [0.15, 0.2) is 109 Å². The van der Waals surface area contributed by atoms with Gasteiger partial charge in [0.2, 0.25) is 0 Å². The molecule has 0 aromatic carbocycles. The highest BCUT2D eigenvalue weighted by Gasteiger charge is 2.19. The molecular formula is C67H112O6. The second kappa shape index (κ2) is 60.6. The molecule has 0 spiro atoms. The number of carbonyl (C=O) groups excluding carboxylic acids is 3. The number of hydrogen-bond acceptors (Lipinski definition) is 6. The van der Waals surface area contributed by atoms with Gasteiger partial charge in [0.05, 0.1) is 0 Å². The zero-order chi connectivity index (χ0) is 52.9. The van der Waals surface area contributed by atoms with Gasteiger partial charge in [0.1, 0.15) is 13.2 Å². The summed E-state index contributed by atoms with van der Waals surface area (Å²) < 4.78 is 16.9. The molecule has 0 heterocycles. The van der Waals surface area contributed by atoms with Crippen LogP contribution in [0.25, 0.3) is 0 Å². The Morgan fingerprint density at radius 1 is 0.288 bits per heavy atom. The van der Waals surface area contributed by atoms with Gasteiger partial charge in [0.25, 0.3) is 0 Å². The Labute approximate surface area is 450 Å². The van der Waals surface area contributed by atoms with Crippen molar-refractivity contribution in [3.05, 3.63) is 109 Å². The van der Waals surface area contributed by atoms with Crippen LogP contribution in [-0.2, 0) is 28.6 Å². The zero-order valence-electron chi connectivity index (χ0n) is 47.6. The summed E-state index contributed by atoms with van der Waals surface area (Å²) >= 11 is 0. The number of unbranched alkanes of at least 4 members (excludes halogenated alkanes) is 25.